The smallest absolute Gasteiger partial charge is 0.302 e. The van der Waals surface area contributed by atoms with E-state index in [9.17, 15) is 9.90 Å². The zero-order valence-corrected chi connectivity index (χ0v) is 13.0. The molecule has 1 aliphatic rings. The average molecular weight is 279 g/mol. The van der Waals surface area contributed by atoms with Gasteiger partial charge in [-0.25, -0.2) is 0 Å². The van der Waals surface area contributed by atoms with Crippen LogP contribution >= 0.6 is 0 Å². The molecule has 0 aromatic heterocycles. The second kappa shape index (κ2) is 9.15. The van der Waals surface area contributed by atoms with E-state index in [0.717, 1.165) is 17.0 Å². The first kappa shape index (κ1) is 18.2. The van der Waals surface area contributed by atoms with E-state index < -0.39 is 6.10 Å². The van der Waals surface area contributed by atoms with Crippen LogP contribution in [0.3, 0.4) is 0 Å². The maximum Gasteiger partial charge on any atom is 0.302 e. The Labute approximate surface area is 121 Å². The molecule has 0 saturated heterocycles. The second-order valence-electron chi connectivity index (χ2n) is 4.27. The van der Waals surface area contributed by atoms with Crippen molar-refractivity contribution in [2.75, 3.05) is 6.61 Å². The highest BCUT2D eigenvalue weighted by atomic mass is 16.5. The molecule has 0 fully saturated rings. The summed E-state index contributed by atoms with van der Waals surface area (Å²) >= 11 is 0. The van der Waals surface area contributed by atoms with Gasteiger partial charge in [-0.15, -0.1) is 0 Å². The molecule has 0 spiro atoms. The fourth-order valence-corrected chi connectivity index (χ4v) is 1.88. The maximum atomic E-state index is 9.82. The largest absolute Gasteiger partial charge is 0.466 e. The molecule has 0 aromatic carbocycles. The predicted octanol–water partition coefficient (Wildman–Crippen LogP) is 3.13. The third-order valence-electron chi connectivity index (χ3n) is 2.67. The number of carbonyl (C=O) groups excluding carboxylic acids is 1. The van der Waals surface area contributed by atoms with E-state index in [2.05, 4.69) is 11.3 Å². The Morgan fingerprint density at radius 1 is 1.55 bits per heavy atom. The standard InChI is InChI=1S/C12H17NO.C4H8O2/c1-5-11-8-7-9(3)12(10(4)14)13(11)6-2;1-3-6-4(2)5/h5-8,10,14H,2H2,1,3-4H3;3H2,1-2H3/b11-5-;. The van der Waals surface area contributed by atoms with Gasteiger partial charge in [-0.3, -0.25) is 4.79 Å². The van der Waals surface area contributed by atoms with Gasteiger partial charge in [0.15, 0.2) is 0 Å². The highest BCUT2D eigenvalue weighted by Gasteiger charge is 2.19. The highest BCUT2D eigenvalue weighted by Crippen LogP contribution is 2.26. The van der Waals surface area contributed by atoms with Gasteiger partial charge in [-0.1, -0.05) is 18.7 Å². The minimum atomic E-state index is -0.479. The quantitative estimate of drug-likeness (QED) is 0.806. The Bertz CT molecular complexity index is 431. The zero-order valence-electron chi connectivity index (χ0n) is 13.0. The number of rotatable bonds is 3. The summed E-state index contributed by atoms with van der Waals surface area (Å²) < 4.78 is 4.40. The summed E-state index contributed by atoms with van der Waals surface area (Å²) in [5, 5.41) is 9.65. The number of carbonyl (C=O) groups is 1. The molecule has 1 unspecified atom stereocenters. The lowest BCUT2D eigenvalue weighted by Gasteiger charge is -2.30. The molecular weight excluding hydrogens is 254 g/mol. The third-order valence-corrected chi connectivity index (χ3v) is 2.67. The first-order valence-electron chi connectivity index (χ1n) is 6.67. The zero-order chi connectivity index (χ0) is 15.7. The summed E-state index contributed by atoms with van der Waals surface area (Å²) in [6.45, 7) is 13.1. The van der Waals surface area contributed by atoms with Crippen molar-refractivity contribution >= 4 is 5.97 Å². The Hall–Kier alpha value is -1.81. The molecule has 0 radical (unpaired) electrons. The molecule has 1 heterocycles. The van der Waals surface area contributed by atoms with Crippen LogP contribution in [0.1, 0.15) is 34.6 Å². The van der Waals surface area contributed by atoms with Crippen LogP contribution in [-0.2, 0) is 9.53 Å². The molecule has 1 aliphatic heterocycles. The van der Waals surface area contributed by atoms with Crippen LogP contribution in [0, 0.1) is 0 Å². The van der Waals surface area contributed by atoms with E-state index in [0.29, 0.717) is 6.61 Å². The lowest BCUT2D eigenvalue weighted by molar-refractivity contribution is -0.140. The molecule has 0 saturated carbocycles. The van der Waals surface area contributed by atoms with Crippen LogP contribution in [0.4, 0.5) is 0 Å². The predicted molar refractivity (Wildman–Crippen MR) is 81.6 cm³/mol. The van der Waals surface area contributed by atoms with Crippen LogP contribution in [0.15, 0.2) is 48.0 Å². The van der Waals surface area contributed by atoms with E-state index in [1.54, 1.807) is 20.0 Å². The summed E-state index contributed by atoms with van der Waals surface area (Å²) in [5.41, 5.74) is 3.02. The summed E-state index contributed by atoms with van der Waals surface area (Å²) in [5.74, 6) is -0.211. The van der Waals surface area contributed by atoms with Crippen molar-refractivity contribution in [3.8, 4) is 0 Å². The second-order valence-corrected chi connectivity index (χ2v) is 4.27. The van der Waals surface area contributed by atoms with Crippen molar-refractivity contribution in [3.63, 3.8) is 0 Å². The van der Waals surface area contributed by atoms with Gasteiger partial charge in [-0.2, -0.15) is 0 Å². The van der Waals surface area contributed by atoms with Crippen LogP contribution in [-0.4, -0.2) is 28.7 Å². The van der Waals surface area contributed by atoms with Gasteiger partial charge in [0.25, 0.3) is 0 Å². The molecule has 0 amide bonds. The SMILES string of the molecule is C=CN1C(C(C)O)=C(C)C=C/C1=C/C.CCOC(C)=O. The fourth-order valence-electron chi connectivity index (χ4n) is 1.88. The first-order valence-corrected chi connectivity index (χ1v) is 6.67. The van der Waals surface area contributed by atoms with Gasteiger partial charge in [0.05, 0.1) is 18.4 Å². The van der Waals surface area contributed by atoms with Crippen LogP contribution in [0.25, 0.3) is 0 Å². The molecule has 4 heteroatoms. The molecule has 0 aromatic rings. The molecule has 0 aliphatic carbocycles. The van der Waals surface area contributed by atoms with Gasteiger partial charge < -0.3 is 14.7 Å². The van der Waals surface area contributed by atoms with Crippen LogP contribution in [0.5, 0.6) is 0 Å². The summed E-state index contributed by atoms with van der Waals surface area (Å²) in [6, 6.07) is 0. The Morgan fingerprint density at radius 2 is 2.15 bits per heavy atom. The van der Waals surface area contributed by atoms with E-state index in [1.807, 2.05) is 37.0 Å². The molecule has 0 bridgehead atoms. The van der Waals surface area contributed by atoms with E-state index in [1.165, 1.54) is 6.92 Å². The van der Waals surface area contributed by atoms with Gasteiger partial charge in [-0.05, 0) is 39.3 Å². The Balaban J connectivity index is 0.000000511. The van der Waals surface area contributed by atoms with Crippen LogP contribution < -0.4 is 0 Å². The van der Waals surface area contributed by atoms with Gasteiger partial charge >= 0.3 is 5.97 Å². The topological polar surface area (TPSA) is 49.8 Å². The molecule has 1 N–H and O–H groups in total. The van der Waals surface area contributed by atoms with Crippen molar-refractivity contribution < 1.29 is 14.6 Å². The summed E-state index contributed by atoms with van der Waals surface area (Å²) in [4.78, 5) is 11.7. The molecule has 1 rings (SSSR count). The number of allylic oxidation sites excluding steroid dienone is 4. The Kier molecular flexibility index (Phi) is 8.32. The number of esters is 1. The minimum absolute atomic E-state index is 0.211. The molecular formula is C16H25NO3. The lowest BCUT2D eigenvalue weighted by atomic mass is 10.0. The van der Waals surface area contributed by atoms with Crippen molar-refractivity contribution in [1.29, 1.82) is 0 Å². The van der Waals surface area contributed by atoms with E-state index >= 15 is 0 Å². The van der Waals surface area contributed by atoms with Crippen molar-refractivity contribution in [1.82, 2.24) is 4.90 Å². The monoisotopic (exact) mass is 279 g/mol. The lowest BCUT2D eigenvalue weighted by Crippen LogP contribution is -2.26. The summed E-state index contributed by atoms with van der Waals surface area (Å²) in [7, 11) is 0. The Morgan fingerprint density at radius 3 is 2.45 bits per heavy atom. The van der Waals surface area contributed by atoms with Crippen molar-refractivity contribution in [2.45, 2.75) is 40.7 Å². The number of hydrogen-bond donors (Lipinski definition) is 1. The number of aliphatic hydroxyl groups excluding tert-OH is 1. The number of hydrogen-bond acceptors (Lipinski definition) is 4. The molecule has 1 atom stereocenters. The third kappa shape index (κ3) is 5.45. The number of nitrogens with zero attached hydrogens (tertiary/aromatic N) is 1. The van der Waals surface area contributed by atoms with Gasteiger partial charge in [0, 0.05) is 18.8 Å². The van der Waals surface area contributed by atoms with Crippen molar-refractivity contribution in [2.24, 2.45) is 0 Å². The molecule has 20 heavy (non-hydrogen) atoms. The van der Waals surface area contributed by atoms with Crippen molar-refractivity contribution in [3.05, 3.63) is 48.0 Å². The van der Waals surface area contributed by atoms with E-state index in [-0.39, 0.29) is 5.97 Å². The molecule has 4 nitrogen and oxygen atoms in total. The average Bonchev–Trinajstić information content (AvgIpc) is 2.38. The van der Waals surface area contributed by atoms with E-state index in [4.69, 9.17) is 0 Å². The van der Waals surface area contributed by atoms with Crippen LogP contribution in [0.2, 0.25) is 0 Å². The number of aliphatic hydroxyl groups is 1. The number of ether oxygens (including phenoxy) is 1. The maximum absolute atomic E-state index is 9.82. The highest BCUT2D eigenvalue weighted by molar-refractivity contribution is 5.65. The normalized spacial score (nSPS) is 17.5. The fraction of sp³-hybridized carbons (Fsp3) is 0.438. The molecule has 112 valence electrons. The summed E-state index contributed by atoms with van der Waals surface area (Å²) in [6.07, 6.45) is 7.27. The van der Waals surface area contributed by atoms with Gasteiger partial charge in [0.1, 0.15) is 0 Å². The first-order chi connectivity index (χ1) is 9.38. The minimum Gasteiger partial charge on any atom is -0.466 e. The van der Waals surface area contributed by atoms with Gasteiger partial charge in [0.2, 0.25) is 0 Å².